The van der Waals surface area contributed by atoms with Crippen LogP contribution in [-0.2, 0) is 20.9 Å². The highest BCUT2D eigenvalue weighted by molar-refractivity contribution is 6.34. The van der Waals surface area contributed by atoms with Crippen LogP contribution < -0.4 is 5.48 Å². The molecule has 0 radical (unpaired) electrons. The number of likely N-dealkylation sites (tertiary alicyclic amines) is 1. The average molecular weight is 505 g/mol. The second-order valence-electron chi connectivity index (χ2n) is 8.90. The van der Waals surface area contributed by atoms with E-state index in [0.29, 0.717) is 11.1 Å². The number of hydroxylamine groups is 1. The lowest BCUT2D eigenvalue weighted by Gasteiger charge is -2.45. The van der Waals surface area contributed by atoms with Crippen molar-refractivity contribution in [1.82, 2.24) is 10.4 Å². The molecule has 2 unspecified atom stereocenters. The summed E-state index contributed by atoms with van der Waals surface area (Å²) < 4.78 is 57.7. The Labute approximate surface area is 198 Å². The van der Waals surface area contributed by atoms with Gasteiger partial charge in [-0.05, 0) is 34.9 Å². The van der Waals surface area contributed by atoms with Crippen LogP contribution in [0.25, 0.3) is 0 Å². The molecule has 178 valence electrons. The fourth-order valence-electron chi connectivity index (χ4n) is 4.31. The fraction of sp³-hybridized carbons (Fsp3) is 0.435. The molecule has 0 bridgehead atoms. The number of hydrogen-bond acceptors (Lipinski definition) is 3. The third kappa shape index (κ3) is 4.34. The van der Waals surface area contributed by atoms with E-state index in [1.807, 2.05) is 0 Å². The van der Waals surface area contributed by atoms with Crippen LogP contribution >= 0.6 is 23.2 Å². The number of nitrogens with one attached hydrogen (secondary N) is 1. The topological polar surface area (TPSA) is 41.6 Å². The van der Waals surface area contributed by atoms with Gasteiger partial charge in [0.25, 0.3) is 0 Å². The number of benzene rings is 2. The van der Waals surface area contributed by atoms with E-state index in [-0.39, 0.29) is 40.5 Å². The highest BCUT2D eigenvalue weighted by atomic mass is 35.5. The number of amides is 1. The molecule has 2 heterocycles. The zero-order chi connectivity index (χ0) is 24.2. The van der Waals surface area contributed by atoms with Gasteiger partial charge in [-0.15, -0.1) is 0 Å². The molecule has 0 aliphatic carbocycles. The van der Waals surface area contributed by atoms with Gasteiger partial charge in [-0.1, -0.05) is 61.3 Å². The standard InChI is InChI=1S/C23H22Cl2F4N2O2/c1-13(2)20(32)31-11-21(26,12-31)15-5-3-14(4-6-15)19-10-22(33-30-19,23(27,28)29)16-7-17(24)9-18(25)8-16/h3-9,13,19,30H,10-12H2,1-2H3. The third-order valence-electron chi connectivity index (χ3n) is 6.17. The summed E-state index contributed by atoms with van der Waals surface area (Å²) in [5.41, 5.74) is -1.15. The van der Waals surface area contributed by atoms with Crippen LogP contribution in [0.1, 0.15) is 43.0 Å². The van der Waals surface area contributed by atoms with E-state index in [1.54, 1.807) is 26.0 Å². The van der Waals surface area contributed by atoms with Crippen molar-refractivity contribution in [2.45, 2.75) is 43.8 Å². The summed E-state index contributed by atoms with van der Waals surface area (Å²) in [4.78, 5) is 18.6. The Morgan fingerprint density at radius 3 is 2.18 bits per heavy atom. The summed E-state index contributed by atoms with van der Waals surface area (Å²) in [6.45, 7) is 3.43. The molecular formula is C23H22Cl2F4N2O2. The van der Waals surface area contributed by atoms with Crippen molar-refractivity contribution in [3.63, 3.8) is 0 Å². The lowest BCUT2D eigenvalue weighted by atomic mass is 9.84. The van der Waals surface area contributed by atoms with E-state index < -0.39 is 29.9 Å². The molecule has 2 fully saturated rings. The predicted molar refractivity (Wildman–Crippen MR) is 116 cm³/mol. The summed E-state index contributed by atoms with van der Waals surface area (Å²) in [6.07, 6.45) is -5.20. The van der Waals surface area contributed by atoms with E-state index in [9.17, 15) is 18.0 Å². The molecule has 33 heavy (non-hydrogen) atoms. The minimum Gasteiger partial charge on any atom is -0.335 e. The first-order valence-corrected chi connectivity index (χ1v) is 11.2. The summed E-state index contributed by atoms with van der Waals surface area (Å²) in [5, 5.41) is 0.132. The quantitative estimate of drug-likeness (QED) is 0.513. The van der Waals surface area contributed by atoms with E-state index in [1.165, 1.54) is 35.2 Å². The van der Waals surface area contributed by atoms with Crippen LogP contribution in [0.15, 0.2) is 42.5 Å². The highest BCUT2D eigenvalue weighted by Gasteiger charge is 2.62. The largest absolute Gasteiger partial charge is 0.423 e. The fourth-order valence-corrected chi connectivity index (χ4v) is 4.83. The number of carbonyl (C=O) groups is 1. The van der Waals surface area contributed by atoms with E-state index in [4.69, 9.17) is 28.0 Å². The van der Waals surface area contributed by atoms with Crippen LogP contribution in [0.2, 0.25) is 10.0 Å². The summed E-state index contributed by atoms with van der Waals surface area (Å²) in [5.74, 6) is -0.328. The van der Waals surface area contributed by atoms with Crippen molar-refractivity contribution in [3.05, 3.63) is 69.2 Å². The van der Waals surface area contributed by atoms with Crippen LogP contribution in [-0.4, -0.2) is 30.1 Å². The smallest absolute Gasteiger partial charge is 0.335 e. The average Bonchev–Trinajstić information content (AvgIpc) is 3.17. The van der Waals surface area contributed by atoms with Crippen LogP contribution in [0, 0.1) is 5.92 Å². The molecule has 2 atom stereocenters. The van der Waals surface area contributed by atoms with Crippen LogP contribution in [0.3, 0.4) is 0 Å². The van der Waals surface area contributed by atoms with Gasteiger partial charge in [-0.2, -0.15) is 18.7 Å². The maximum absolute atomic E-state index is 15.2. The number of halogens is 6. The van der Waals surface area contributed by atoms with Gasteiger partial charge in [0.2, 0.25) is 11.5 Å². The highest BCUT2D eigenvalue weighted by Crippen LogP contribution is 2.52. The third-order valence-corrected chi connectivity index (χ3v) is 6.61. The van der Waals surface area contributed by atoms with E-state index >= 15 is 4.39 Å². The molecular weight excluding hydrogens is 483 g/mol. The monoisotopic (exact) mass is 504 g/mol. The van der Waals surface area contributed by atoms with Gasteiger partial charge in [-0.3, -0.25) is 9.63 Å². The van der Waals surface area contributed by atoms with Gasteiger partial charge >= 0.3 is 6.18 Å². The molecule has 2 aromatic rings. The molecule has 1 amide bonds. The Morgan fingerprint density at radius 1 is 1.09 bits per heavy atom. The summed E-state index contributed by atoms with van der Waals surface area (Å²) >= 11 is 11.9. The van der Waals surface area contributed by atoms with Crippen molar-refractivity contribution >= 4 is 29.1 Å². The zero-order valence-electron chi connectivity index (χ0n) is 17.8. The first-order chi connectivity index (χ1) is 15.3. The normalized spacial score (nSPS) is 24.8. The molecule has 0 spiro atoms. The Bertz CT molecular complexity index is 1040. The number of nitrogens with zero attached hydrogens (tertiary/aromatic N) is 1. The minimum absolute atomic E-state index is 0.0408. The Hall–Kier alpha value is -1.87. The Balaban J connectivity index is 1.53. The van der Waals surface area contributed by atoms with Gasteiger partial charge in [0.1, 0.15) is 0 Å². The Kier molecular flexibility index (Phi) is 6.18. The first kappa shape index (κ1) is 24.3. The lowest BCUT2D eigenvalue weighted by Crippen LogP contribution is -2.59. The predicted octanol–water partition coefficient (Wildman–Crippen LogP) is 6.08. The summed E-state index contributed by atoms with van der Waals surface area (Å²) in [6, 6.07) is 9.14. The molecule has 4 rings (SSSR count). The molecule has 0 saturated carbocycles. The minimum atomic E-state index is -4.75. The van der Waals surface area contributed by atoms with E-state index in [0.717, 1.165) is 0 Å². The van der Waals surface area contributed by atoms with Crippen LogP contribution in [0.5, 0.6) is 0 Å². The molecule has 2 saturated heterocycles. The van der Waals surface area contributed by atoms with Crippen molar-refractivity contribution in [3.8, 4) is 0 Å². The molecule has 2 aliphatic heterocycles. The number of alkyl halides is 4. The SMILES string of the molecule is CC(C)C(=O)N1CC(F)(c2ccc(C3CC(c4cc(Cl)cc(Cl)c4)(C(F)(F)F)ON3)cc2)C1. The zero-order valence-corrected chi connectivity index (χ0v) is 19.4. The number of hydrogen-bond donors (Lipinski definition) is 1. The van der Waals surface area contributed by atoms with Crippen molar-refractivity contribution < 1.29 is 27.2 Å². The lowest BCUT2D eigenvalue weighted by molar-refractivity contribution is -0.282. The number of carbonyl (C=O) groups excluding carboxylic acids is 1. The van der Waals surface area contributed by atoms with Gasteiger partial charge < -0.3 is 4.90 Å². The van der Waals surface area contributed by atoms with Gasteiger partial charge in [0.05, 0.1) is 19.1 Å². The van der Waals surface area contributed by atoms with Crippen LogP contribution in [0.4, 0.5) is 17.6 Å². The summed E-state index contributed by atoms with van der Waals surface area (Å²) in [7, 11) is 0. The molecule has 4 nitrogen and oxygen atoms in total. The van der Waals surface area contributed by atoms with E-state index in [2.05, 4.69) is 5.48 Å². The molecule has 0 aromatic heterocycles. The maximum atomic E-state index is 15.2. The van der Waals surface area contributed by atoms with Gasteiger partial charge in [0, 0.05) is 22.4 Å². The van der Waals surface area contributed by atoms with Gasteiger partial charge in [0.15, 0.2) is 5.67 Å². The van der Waals surface area contributed by atoms with Gasteiger partial charge in [-0.25, -0.2) is 4.39 Å². The molecule has 1 N–H and O–H groups in total. The molecule has 10 heteroatoms. The van der Waals surface area contributed by atoms with Crippen molar-refractivity contribution in [2.75, 3.05) is 13.1 Å². The molecule has 2 aromatic carbocycles. The first-order valence-electron chi connectivity index (χ1n) is 10.4. The Morgan fingerprint density at radius 2 is 1.67 bits per heavy atom. The number of rotatable bonds is 4. The van der Waals surface area contributed by atoms with Crippen molar-refractivity contribution in [1.29, 1.82) is 0 Å². The maximum Gasteiger partial charge on any atom is 0.423 e. The second kappa shape index (κ2) is 8.41. The van der Waals surface area contributed by atoms with Crippen molar-refractivity contribution in [2.24, 2.45) is 5.92 Å². The molecule has 2 aliphatic rings. The second-order valence-corrected chi connectivity index (χ2v) is 9.77.